The van der Waals surface area contributed by atoms with Crippen LogP contribution in [-0.2, 0) is 11.3 Å². The summed E-state index contributed by atoms with van der Waals surface area (Å²) >= 11 is 0. The number of likely N-dealkylation sites (N-methyl/N-ethyl adjacent to an activating group) is 1. The summed E-state index contributed by atoms with van der Waals surface area (Å²) in [6.07, 6.45) is 2.27. The van der Waals surface area contributed by atoms with E-state index in [1.54, 1.807) is 6.07 Å². The Kier molecular flexibility index (Phi) is 4.49. The Morgan fingerprint density at radius 2 is 2.44 bits per heavy atom. The predicted octanol–water partition coefficient (Wildman–Crippen LogP) is 1.56. The van der Waals surface area contributed by atoms with Gasteiger partial charge in [0, 0.05) is 25.8 Å². The number of nitrogens with one attached hydrogen (secondary N) is 1. The summed E-state index contributed by atoms with van der Waals surface area (Å²) < 4.78 is 18.7. The Bertz CT molecular complexity index is 394. The highest BCUT2D eigenvalue weighted by Crippen LogP contribution is 2.22. The van der Waals surface area contributed by atoms with E-state index in [0.29, 0.717) is 12.6 Å². The molecule has 1 aromatic heterocycles. The molecule has 1 aromatic rings. The Morgan fingerprint density at radius 3 is 3.11 bits per heavy atom. The van der Waals surface area contributed by atoms with Crippen LogP contribution in [0.1, 0.15) is 18.9 Å². The van der Waals surface area contributed by atoms with Gasteiger partial charge in [-0.15, -0.1) is 0 Å². The lowest BCUT2D eigenvalue weighted by Crippen LogP contribution is -2.33. The molecule has 0 amide bonds. The molecular formula is C13H20FN3O. The lowest BCUT2D eigenvalue weighted by molar-refractivity contribution is 0.193. The smallest absolute Gasteiger partial charge is 0.141 e. The SMILES string of the molecule is CCNCc1cc(F)cnc1N(C)C1CCOC1. The standard InChI is InChI=1S/C13H20FN3O/c1-3-15-7-10-6-11(14)8-16-13(10)17(2)12-4-5-18-9-12/h6,8,12,15H,3-5,7,9H2,1-2H3. The highest BCUT2D eigenvalue weighted by molar-refractivity contribution is 5.47. The Hall–Kier alpha value is -1.20. The van der Waals surface area contributed by atoms with Crippen LogP contribution in [0.5, 0.6) is 0 Å². The van der Waals surface area contributed by atoms with E-state index in [0.717, 1.165) is 37.6 Å². The van der Waals surface area contributed by atoms with Crippen molar-refractivity contribution in [2.45, 2.75) is 25.9 Å². The molecule has 1 N–H and O–H groups in total. The lowest BCUT2D eigenvalue weighted by atomic mass is 10.2. The molecule has 1 fully saturated rings. The molecule has 1 aliphatic rings. The molecule has 2 heterocycles. The normalized spacial score (nSPS) is 19.2. The van der Waals surface area contributed by atoms with Crippen LogP contribution >= 0.6 is 0 Å². The van der Waals surface area contributed by atoms with Gasteiger partial charge in [0.25, 0.3) is 0 Å². The Morgan fingerprint density at radius 1 is 1.61 bits per heavy atom. The third-order valence-electron chi connectivity index (χ3n) is 3.26. The molecule has 2 rings (SSSR count). The van der Waals surface area contributed by atoms with Gasteiger partial charge in [0.15, 0.2) is 0 Å². The van der Waals surface area contributed by atoms with Gasteiger partial charge in [0.1, 0.15) is 11.6 Å². The van der Waals surface area contributed by atoms with E-state index in [2.05, 4.69) is 15.2 Å². The van der Waals surface area contributed by atoms with Gasteiger partial charge in [-0.25, -0.2) is 9.37 Å². The first-order chi connectivity index (χ1) is 8.72. The fourth-order valence-electron chi connectivity index (χ4n) is 2.18. The number of hydrogen-bond donors (Lipinski definition) is 1. The number of hydrogen-bond acceptors (Lipinski definition) is 4. The van der Waals surface area contributed by atoms with Crippen molar-refractivity contribution in [3.05, 3.63) is 23.6 Å². The summed E-state index contributed by atoms with van der Waals surface area (Å²) in [5.41, 5.74) is 0.895. The van der Waals surface area contributed by atoms with Crippen LogP contribution < -0.4 is 10.2 Å². The largest absolute Gasteiger partial charge is 0.379 e. The van der Waals surface area contributed by atoms with Gasteiger partial charge in [0.05, 0.1) is 18.8 Å². The first-order valence-corrected chi connectivity index (χ1v) is 6.38. The predicted molar refractivity (Wildman–Crippen MR) is 69.2 cm³/mol. The molecule has 0 aromatic carbocycles. The van der Waals surface area contributed by atoms with Gasteiger partial charge in [0.2, 0.25) is 0 Å². The molecule has 0 bridgehead atoms. The second-order valence-corrected chi connectivity index (χ2v) is 4.54. The van der Waals surface area contributed by atoms with Crippen molar-refractivity contribution in [3.8, 4) is 0 Å². The van der Waals surface area contributed by atoms with E-state index in [-0.39, 0.29) is 5.82 Å². The van der Waals surface area contributed by atoms with E-state index in [9.17, 15) is 4.39 Å². The molecule has 4 nitrogen and oxygen atoms in total. The van der Waals surface area contributed by atoms with Crippen molar-refractivity contribution < 1.29 is 9.13 Å². The molecule has 0 radical (unpaired) electrons. The average Bonchev–Trinajstić information content (AvgIpc) is 2.89. The van der Waals surface area contributed by atoms with Crippen LogP contribution in [0.3, 0.4) is 0 Å². The van der Waals surface area contributed by atoms with Crippen LogP contribution in [0.2, 0.25) is 0 Å². The van der Waals surface area contributed by atoms with Crippen molar-refractivity contribution in [1.29, 1.82) is 0 Å². The second-order valence-electron chi connectivity index (χ2n) is 4.54. The summed E-state index contributed by atoms with van der Waals surface area (Å²) in [6.45, 7) is 5.02. The van der Waals surface area contributed by atoms with Crippen molar-refractivity contribution in [1.82, 2.24) is 10.3 Å². The third-order valence-corrected chi connectivity index (χ3v) is 3.26. The van der Waals surface area contributed by atoms with E-state index < -0.39 is 0 Å². The molecule has 1 unspecified atom stereocenters. The highest BCUT2D eigenvalue weighted by Gasteiger charge is 2.23. The van der Waals surface area contributed by atoms with Crippen LogP contribution in [0, 0.1) is 5.82 Å². The molecule has 18 heavy (non-hydrogen) atoms. The summed E-state index contributed by atoms with van der Waals surface area (Å²) in [6, 6.07) is 1.89. The van der Waals surface area contributed by atoms with E-state index in [1.807, 2.05) is 14.0 Å². The third kappa shape index (κ3) is 2.97. The topological polar surface area (TPSA) is 37.4 Å². The average molecular weight is 253 g/mol. The Balaban J connectivity index is 2.18. The van der Waals surface area contributed by atoms with Crippen LogP contribution in [-0.4, -0.2) is 37.8 Å². The van der Waals surface area contributed by atoms with Gasteiger partial charge in [-0.05, 0) is 19.0 Å². The maximum absolute atomic E-state index is 13.3. The van der Waals surface area contributed by atoms with E-state index in [1.165, 1.54) is 6.20 Å². The number of anilines is 1. The summed E-state index contributed by atoms with van der Waals surface area (Å²) in [5.74, 6) is 0.551. The van der Waals surface area contributed by atoms with Gasteiger partial charge in [-0.2, -0.15) is 0 Å². The molecular weight excluding hydrogens is 233 g/mol. The van der Waals surface area contributed by atoms with Crippen molar-refractivity contribution in [2.75, 3.05) is 31.7 Å². The van der Waals surface area contributed by atoms with Gasteiger partial charge in [-0.1, -0.05) is 6.92 Å². The zero-order valence-electron chi connectivity index (χ0n) is 10.9. The van der Waals surface area contributed by atoms with Crippen molar-refractivity contribution in [2.24, 2.45) is 0 Å². The molecule has 1 aliphatic heterocycles. The number of nitrogens with zero attached hydrogens (tertiary/aromatic N) is 2. The van der Waals surface area contributed by atoms with Crippen LogP contribution in [0.25, 0.3) is 0 Å². The van der Waals surface area contributed by atoms with E-state index >= 15 is 0 Å². The van der Waals surface area contributed by atoms with Crippen molar-refractivity contribution >= 4 is 5.82 Å². The summed E-state index contributed by atoms with van der Waals surface area (Å²) in [5, 5.41) is 3.21. The molecule has 1 atom stereocenters. The first-order valence-electron chi connectivity index (χ1n) is 6.38. The maximum atomic E-state index is 13.3. The minimum Gasteiger partial charge on any atom is -0.379 e. The maximum Gasteiger partial charge on any atom is 0.141 e. The molecule has 5 heteroatoms. The van der Waals surface area contributed by atoms with Crippen LogP contribution in [0.4, 0.5) is 10.2 Å². The number of halogens is 1. The van der Waals surface area contributed by atoms with Gasteiger partial charge in [-0.3, -0.25) is 0 Å². The molecule has 100 valence electrons. The molecule has 0 aliphatic carbocycles. The van der Waals surface area contributed by atoms with Crippen molar-refractivity contribution in [3.63, 3.8) is 0 Å². The Labute approximate surface area is 107 Å². The highest BCUT2D eigenvalue weighted by atomic mass is 19.1. The second kappa shape index (κ2) is 6.11. The fourth-order valence-corrected chi connectivity index (χ4v) is 2.18. The number of rotatable bonds is 5. The first kappa shape index (κ1) is 13.2. The summed E-state index contributed by atoms with van der Waals surface area (Å²) in [7, 11) is 2.00. The van der Waals surface area contributed by atoms with Gasteiger partial charge < -0.3 is 15.0 Å². The number of ether oxygens (including phenoxy) is 1. The lowest BCUT2D eigenvalue weighted by Gasteiger charge is -2.26. The fraction of sp³-hybridized carbons (Fsp3) is 0.615. The zero-order valence-corrected chi connectivity index (χ0v) is 10.9. The van der Waals surface area contributed by atoms with E-state index in [4.69, 9.17) is 4.74 Å². The number of aromatic nitrogens is 1. The quantitative estimate of drug-likeness (QED) is 0.864. The minimum absolute atomic E-state index is 0.289. The number of pyridine rings is 1. The zero-order chi connectivity index (χ0) is 13.0. The minimum atomic E-state index is -0.289. The molecule has 1 saturated heterocycles. The molecule has 0 spiro atoms. The van der Waals surface area contributed by atoms with Crippen LogP contribution in [0.15, 0.2) is 12.3 Å². The van der Waals surface area contributed by atoms with Gasteiger partial charge >= 0.3 is 0 Å². The monoisotopic (exact) mass is 253 g/mol. The molecule has 0 saturated carbocycles. The summed E-state index contributed by atoms with van der Waals surface area (Å²) in [4.78, 5) is 6.33.